The van der Waals surface area contributed by atoms with Crippen LogP contribution in [-0.2, 0) is 17.6 Å². The van der Waals surface area contributed by atoms with E-state index in [1.165, 1.54) is 45.5 Å². The summed E-state index contributed by atoms with van der Waals surface area (Å²) in [6.45, 7) is 2.04. The number of nitrogens with zero attached hydrogens (tertiary/aromatic N) is 2. The van der Waals surface area contributed by atoms with Gasteiger partial charge in [-0.25, -0.2) is 9.97 Å². The zero-order valence-electron chi connectivity index (χ0n) is 16.9. The van der Waals surface area contributed by atoms with Crippen molar-refractivity contribution in [2.24, 2.45) is 0 Å². The largest absolute Gasteiger partial charge is 0.301 e. The molecule has 9 heteroatoms. The predicted octanol–water partition coefficient (Wildman–Crippen LogP) is 5.03. The van der Waals surface area contributed by atoms with Crippen molar-refractivity contribution in [1.29, 1.82) is 0 Å². The van der Waals surface area contributed by atoms with Gasteiger partial charge in [-0.1, -0.05) is 41.6 Å². The van der Waals surface area contributed by atoms with Crippen LogP contribution in [-0.4, -0.2) is 26.6 Å². The minimum atomic E-state index is -0.178. The Kier molecular flexibility index (Phi) is 5.64. The van der Waals surface area contributed by atoms with Crippen LogP contribution in [0.25, 0.3) is 21.5 Å². The number of benzene rings is 1. The molecule has 0 fully saturated rings. The number of nitrogens with one attached hydrogen (secondary N) is 2. The Morgan fingerprint density at radius 3 is 2.84 bits per heavy atom. The van der Waals surface area contributed by atoms with E-state index >= 15 is 0 Å². The number of thiophene rings is 1. The van der Waals surface area contributed by atoms with Crippen LogP contribution in [0, 0.1) is 6.92 Å². The maximum atomic E-state index is 12.6. The minimum absolute atomic E-state index is 0.102. The fraction of sp³-hybridized carbons (Fsp3) is 0.273. The van der Waals surface area contributed by atoms with Gasteiger partial charge in [0, 0.05) is 15.8 Å². The summed E-state index contributed by atoms with van der Waals surface area (Å²) in [5, 5.41) is 6.54. The lowest BCUT2D eigenvalue weighted by atomic mass is 9.97. The van der Waals surface area contributed by atoms with Crippen molar-refractivity contribution in [3.63, 3.8) is 0 Å². The van der Waals surface area contributed by atoms with E-state index in [1.54, 1.807) is 11.3 Å². The molecule has 3 aromatic heterocycles. The number of carbonyl (C=O) groups is 1. The van der Waals surface area contributed by atoms with Crippen molar-refractivity contribution < 1.29 is 4.79 Å². The van der Waals surface area contributed by atoms with Crippen LogP contribution < -0.4 is 10.9 Å². The van der Waals surface area contributed by atoms with E-state index in [-0.39, 0.29) is 17.2 Å². The van der Waals surface area contributed by atoms with Gasteiger partial charge in [0.15, 0.2) is 10.3 Å². The second-order valence-corrected chi connectivity index (χ2v) is 10.4. The third-order valence-electron chi connectivity index (χ3n) is 5.24. The van der Waals surface area contributed by atoms with Gasteiger partial charge < -0.3 is 10.3 Å². The molecule has 158 valence electrons. The van der Waals surface area contributed by atoms with Crippen molar-refractivity contribution in [2.45, 2.75) is 37.8 Å². The number of hydrogen-bond donors (Lipinski definition) is 2. The van der Waals surface area contributed by atoms with Crippen LogP contribution in [0.1, 0.15) is 28.8 Å². The van der Waals surface area contributed by atoms with Gasteiger partial charge in [-0.15, -0.1) is 22.7 Å². The summed E-state index contributed by atoms with van der Waals surface area (Å²) in [6, 6.07) is 8.12. The highest BCUT2D eigenvalue weighted by Crippen LogP contribution is 2.34. The normalized spacial score (nSPS) is 13.3. The summed E-state index contributed by atoms with van der Waals surface area (Å²) in [4.78, 5) is 39.0. The van der Waals surface area contributed by atoms with Gasteiger partial charge in [-0.2, -0.15) is 0 Å². The predicted molar refractivity (Wildman–Crippen MR) is 129 cm³/mol. The molecule has 2 N–H and O–H groups in total. The molecule has 0 bridgehead atoms. The molecule has 3 heterocycles. The molecule has 0 radical (unpaired) electrons. The van der Waals surface area contributed by atoms with Gasteiger partial charge in [-0.3, -0.25) is 9.59 Å². The van der Waals surface area contributed by atoms with Crippen LogP contribution in [0.5, 0.6) is 0 Å². The van der Waals surface area contributed by atoms with E-state index < -0.39 is 0 Å². The van der Waals surface area contributed by atoms with Gasteiger partial charge in [0.25, 0.3) is 5.56 Å². The first-order valence-electron chi connectivity index (χ1n) is 10.1. The van der Waals surface area contributed by atoms with Crippen LogP contribution >= 0.6 is 34.4 Å². The summed E-state index contributed by atoms with van der Waals surface area (Å²) in [5.74, 6) is -0.0260. The van der Waals surface area contributed by atoms with Crippen LogP contribution in [0.3, 0.4) is 0 Å². The van der Waals surface area contributed by atoms with E-state index in [1.807, 2.05) is 36.6 Å². The van der Waals surface area contributed by atoms with Crippen molar-refractivity contribution in [3.8, 4) is 11.3 Å². The van der Waals surface area contributed by atoms with Crippen LogP contribution in [0.2, 0.25) is 0 Å². The topological polar surface area (TPSA) is 87.7 Å². The van der Waals surface area contributed by atoms with E-state index in [9.17, 15) is 9.59 Å². The van der Waals surface area contributed by atoms with Gasteiger partial charge in [0.1, 0.15) is 4.83 Å². The molecule has 1 aliphatic carbocycles. The lowest BCUT2D eigenvalue weighted by Gasteiger charge is -2.09. The van der Waals surface area contributed by atoms with E-state index in [0.717, 1.165) is 40.7 Å². The fourth-order valence-electron chi connectivity index (χ4n) is 3.69. The molecule has 0 atom stereocenters. The summed E-state index contributed by atoms with van der Waals surface area (Å²) in [7, 11) is 0. The molecule has 0 saturated carbocycles. The molecule has 0 unspecified atom stereocenters. The van der Waals surface area contributed by atoms with Crippen molar-refractivity contribution in [2.75, 3.05) is 11.1 Å². The molecular weight excluding hydrogens is 448 g/mol. The first kappa shape index (κ1) is 20.4. The quantitative estimate of drug-likeness (QED) is 0.317. The lowest BCUT2D eigenvalue weighted by molar-refractivity contribution is -0.113. The second kappa shape index (κ2) is 8.57. The van der Waals surface area contributed by atoms with Crippen LogP contribution in [0.4, 0.5) is 5.13 Å². The first-order valence-corrected chi connectivity index (χ1v) is 12.7. The number of aromatic nitrogens is 3. The molecule has 6 nitrogen and oxygen atoms in total. The number of hydrogen-bond acceptors (Lipinski definition) is 7. The Bertz CT molecular complexity index is 1320. The number of H-pyrrole nitrogens is 1. The number of rotatable bonds is 5. The molecular formula is C22H20N4O2S3. The number of anilines is 1. The Morgan fingerprint density at radius 1 is 1.19 bits per heavy atom. The van der Waals surface area contributed by atoms with Crippen molar-refractivity contribution in [1.82, 2.24) is 15.0 Å². The smallest absolute Gasteiger partial charge is 0.260 e. The number of amides is 1. The second-order valence-electron chi connectivity index (χ2n) is 7.50. The number of aryl methyl sites for hydroxylation is 3. The van der Waals surface area contributed by atoms with Gasteiger partial charge in [-0.05, 0) is 38.2 Å². The summed E-state index contributed by atoms with van der Waals surface area (Å²) in [5.41, 5.74) is 4.12. The zero-order chi connectivity index (χ0) is 21.4. The summed E-state index contributed by atoms with van der Waals surface area (Å²) >= 11 is 4.24. The van der Waals surface area contributed by atoms with E-state index in [4.69, 9.17) is 0 Å². The lowest BCUT2D eigenvalue weighted by Crippen LogP contribution is -2.15. The molecule has 31 heavy (non-hydrogen) atoms. The highest BCUT2D eigenvalue weighted by atomic mass is 32.2. The zero-order valence-corrected chi connectivity index (χ0v) is 19.3. The third kappa shape index (κ3) is 4.30. The monoisotopic (exact) mass is 468 g/mol. The van der Waals surface area contributed by atoms with E-state index in [2.05, 4.69) is 20.3 Å². The number of fused-ring (bicyclic) bond motifs is 3. The fourth-order valence-corrected chi connectivity index (χ4v) is 6.41. The standard InChI is InChI=1S/C22H20N4O2S3/c1-12-6-8-13(9-7-12)15-10-29-21(23-15)24-17(27)11-30-22-25-19(28)18-14-4-2-3-5-16(14)31-20(18)26-22/h6-10H,2-5,11H2,1H3,(H,23,24,27)(H,25,26,28). The summed E-state index contributed by atoms with van der Waals surface area (Å²) in [6.07, 6.45) is 4.27. The number of thiazole rings is 1. The Balaban J connectivity index is 1.25. The minimum Gasteiger partial charge on any atom is -0.301 e. The van der Waals surface area contributed by atoms with Crippen molar-refractivity contribution >= 4 is 55.7 Å². The van der Waals surface area contributed by atoms with E-state index in [0.29, 0.717) is 10.3 Å². The van der Waals surface area contributed by atoms with Crippen molar-refractivity contribution in [3.05, 3.63) is 56.0 Å². The summed E-state index contributed by atoms with van der Waals surface area (Å²) < 4.78 is 0. The molecule has 1 amide bonds. The first-order chi connectivity index (χ1) is 15.1. The number of aromatic amines is 1. The van der Waals surface area contributed by atoms with Crippen LogP contribution in [0.15, 0.2) is 39.6 Å². The average Bonchev–Trinajstić information content (AvgIpc) is 3.37. The number of carbonyl (C=O) groups excluding carboxylic acids is 1. The Labute approximate surface area is 191 Å². The molecule has 0 spiro atoms. The maximum Gasteiger partial charge on any atom is 0.260 e. The Morgan fingerprint density at radius 2 is 2.00 bits per heavy atom. The maximum absolute atomic E-state index is 12.6. The molecule has 5 rings (SSSR count). The SMILES string of the molecule is Cc1ccc(-c2csc(NC(=O)CSc3nc4sc5c(c4c(=O)[nH]3)CCCC5)n2)cc1. The molecule has 0 saturated heterocycles. The third-order valence-corrected chi connectivity index (χ3v) is 8.06. The molecule has 1 aromatic carbocycles. The highest BCUT2D eigenvalue weighted by Gasteiger charge is 2.20. The molecule has 1 aliphatic rings. The molecule has 4 aromatic rings. The van der Waals surface area contributed by atoms with Gasteiger partial charge >= 0.3 is 0 Å². The average molecular weight is 469 g/mol. The van der Waals surface area contributed by atoms with Gasteiger partial charge in [0.05, 0.1) is 16.8 Å². The number of thioether (sulfide) groups is 1. The van der Waals surface area contributed by atoms with Gasteiger partial charge in [0.2, 0.25) is 5.91 Å². The molecule has 0 aliphatic heterocycles. The highest BCUT2D eigenvalue weighted by molar-refractivity contribution is 7.99. The Hall–Kier alpha value is -2.49.